The van der Waals surface area contributed by atoms with E-state index >= 15 is 0 Å². The molecule has 1 N–H and O–H groups in total. The average molecular weight is 217 g/mol. The van der Waals surface area contributed by atoms with Crippen molar-refractivity contribution in [1.29, 1.82) is 0 Å². The van der Waals surface area contributed by atoms with Crippen molar-refractivity contribution in [3.63, 3.8) is 0 Å². The fourth-order valence-corrected chi connectivity index (χ4v) is 3.38. The highest BCUT2D eigenvalue weighted by Crippen LogP contribution is 2.39. The van der Waals surface area contributed by atoms with Gasteiger partial charge in [0.25, 0.3) is 0 Å². The van der Waals surface area contributed by atoms with Crippen LogP contribution in [0.2, 0.25) is 0 Å². The van der Waals surface area contributed by atoms with Gasteiger partial charge in [-0.05, 0) is 19.1 Å². The summed E-state index contributed by atoms with van der Waals surface area (Å²) in [5.74, 6) is -0.0819. The van der Waals surface area contributed by atoms with Crippen molar-refractivity contribution in [2.75, 3.05) is 12.3 Å². The maximum Gasteiger partial charge on any atom is 0.330 e. The minimum absolute atomic E-state index is 0.0369. The Balaban J connectivity index is 3.02. The quantitative estimate of drug-likeness (QED) is 0.708. The van der Waals surface area contributed by atoms with E-state index in [4.69, 9.17) is 0 Å². The third-order valence-electron chi connectivity index (χ3n) is 2.87. The highest BCUT2D eigenvalue weighted by Gasteiger charge is 2.51. The summed E-state index contributed by atoms with van der Waals surface area (Å²) in [6.45, 7) is 4.12. The molecule has 0 spiro atoms. The lowest BCUT2D eigenvalue weighted by atomic mass is 9.91. The van der Waals surface area contributed by atoms with Crippen LogP contribution >= 0.6 is 11.8 Å². The molecule has 2 atom stereocenters. The molecule has 0 aromatic rings. The van der Waals surface area contributed by atoms with Crippen molar-refractivity contribution in [2.45, 2.75) is 31.1 Å². The first-order chi connectivity index (χ1) is 6.59. The van der Waals surface area contributed by atoms with Crippen LogP contribution < -0.4 is 0 Å². The van der Waals surface area contributed by atoms with Crippen molar-refractivity contribution in [3.05, 3.63) is 0 Å². The molecule has 80 valence electrons. The second kappa shape index (κ2) is 4.21. The lowest BCUT2D eigenvalue weighted by molar-refractivity contribution is -0.154. The van der Waals surface area contributed by atoms with Gasteiger partial charge < -0.3 is 10.0 Å². The molecule has 5 heteroatoms. The second-order valence-corrected chi connectivity index (χ2v) is 4.83. The van der Waals surface area contributed by atoms with E-state index in [0.29, 0.717) is 19.4 Å². The number of carbonyl (C=O) groups excluding carboxylic acids is 1. The Kier molecular flexibility index (Phi) is 3.42. The van der Waals surface area contributed by atoms with Crippen LogP contribution in [0.3, 0.4) is 0 Å². The molecule has 1 heterocycles. The van der Waals surface area contributed by atoms with Crippen molar-refractivity contribution < 1.29 is 14.7 Å². The number of nitrogens with zero attached hydrogens (tertiary/aromatic N) is 1. The van der Waals surface area contributed by atoms with E-state index in [2.05, 4.69) is 0 Å². The number of aliphatic carboxylic acids is 1. The molecule has 1 saturated heterocycles. The molecule has 14 heavy (non-hydrogen) atoms. The van der Waals surface area contributed by atoms with Crippen molar-refractivity contribution in [2.24, 2.45) is 0 Å². The fourth-order valence-electron chi connectivity index (χ4n) is 1.96. The third-order valence-corrected chi connectivity index (χ3v) is 4.20. The van der Waals surface area contributed by atoms with Crippen LogP contribution in [0.4, 0.5) is 0 Å². The van der Waals surface area contributed by atoms with Gasteiger partial charge in [-0.2, -0.15) is 11.8 Å². The lowest BCUT2D eigenvalue weighted by Gasteiger charge is -2.37. The lowest BCUT2D eigenvalue weighted by Crippen LogP contribution is -2.57. The molecule has 0 aromatic carbocycles. The van der Waals surface area contributed by atoms with Gasteiger partial charge in [0.15, 0.2) is 5.54 Å². The van der Waals surface area contributed by atoms with Crippen LogP contribution in [0.1, 0.15) is 20.3 Å². The van der Waals surface area contributed by atoms with Crippen LogP contribution in [0.5, 0.6) is 0 Å². The Labute approximate surface area is 87.7 Å². The minimum atomic E-state index is -0.985. The number of amides is 1. The largest absolute Gasteiger partial charge is 0.479 e. The average Bonchev–Trinajstić information content (AvgIpc) is 2.51. The van der Waals surface area contributed by atoms with Crippen LogP contribution in [-0.4, -0.2) is 45.5 Å². The maximum atomic E-state index is 11.3. The summed E-state index contributed by atoms with van der Waals surface area (Å²) in [5, 5.41) is 9.22. The Morgan fingerprint density at radius 3 is 2.71 bits per heavy atom. The number of hydrogen-bond donors (Lipinski definition) is 1. The molecule has 0 bridgehead atoms. The van der Waals surface area contributed by atoms with Gasteiger partial charge in [-0.3, -0.25) is 4.79 Å². The summed E-state index contributed by atoms with van der Waals surface area (Å²) in [4.78, 5) is 23.5. The maximum absolute atomic E-state index is 11.3. The predicted molar refractivity (Wildman–Crippen MR) is 55.3 cm³/mol. The van der Waals surface area contributed by atoms with Gasteiger partial charge in [-0.1, -0.05) is 6.92 Å². The smallest absolute Gasteiger partial charge is 0.330 e. The minimum Gasteiger partial charge on any atom is -0.479 e. The molecule has 1 fully saturated rings. The van der Waals surface area contributed by atoms with E-state index < -0.39 is 11.5 Å². The van der Waals surface area contributed by atoms with Gasteiger partial charge in [0.1, 0.15) is 0 Å². The number of carboxylic acids is 1. The molecule has 0 radical (unpaired) electrons. The van der Waals surface area contributed by atoms with Crippen LogP contribution in [0, 0.1) is 0 Å². The Morgan fingerprint density at radius 1 is 1.79 bits per heavy atom. The van der Waals surface area contributed by atoms with Gasteiger partial charge in [0.2, 0.25) is 6.41 Å². The Bertz CT molecular complexity index is 246. The van der Waals surface area contributed by atoms with Gasteiger partial charge in [0.05, 0.1) is 0 Å². The number of hydrogen-bond acceptors (Lipinski definition) is 3. The Hall–Kier alpha value is -0.710. The van der Waals surface area contributed by atoms with Crippen molar-refractivity contribution >= 4 is 24.1 Å². The molecular weight excluding hydrogens is 202 g/mol. The number of carboxylic acid groups (broad SMARTS) is 1. The van der Waals surface area contributed by atoms with Gasteiger partial charge in [0, 0.05) is 11.8 Å². The molecular formula is C9H15NO3S. The standard InChI is InChI=1S/C9H15NO3S/c1-3-10(6-11)9(8(12)13)4-5-14-7(9)2/h6-7H,3-5H2,1-2H3,(H,12,13). The summed E-state index contributed by atoms with van der Waals surface area (Å²) >= 11 is 1.61. The summed E-state index contributed by atoms with van der Waals surface area (Å²) in [6.07, 6.45) is 1.19. The van der Waals surface area contributed by atoms with E-state index in [9.17, 15) is 14.7 Å². The SMILES string of the molecule is CCN(C=O)C1(C(=O)O)CCSC1C. The van der Waals surface area contributed by atoms with Crippen molar-refractivity contribution in [3.8, 4) is 0 Å². The first-order valence-electron chi connectivity index (χ1n) is 4.66. The Morgan fingerprint density at radius 2 is 2.43 bits per heavy atom. The van der Waals surface area contributed by atoms with Crippen molar-refractivity contribution in [1.82, 2.24) is 4.90 Å². The molecule has 1 aliphatic heterocycles. The summed E-state index contributed by atoms with van der Waals surface area (Å²) < 4.78 is 0. The highest BCUT2D eigenvalue weighted by molar-refractivity contribution is 8.00. The van der Waals surface area contributed by atoms with Crippen LogP contribution in [0.15, 0.2) is 0 Å². The predicted octanol–water partition coefficient (Wildman–Crippen LogP) is 0.813. The first kappa shape index (κ1) is 11.4. The monoisotopic (exact) mass is 217 g/mol. The van der Waals surface area contributed by atoms with E-state index in [1.165, 1.54) is 4.90 Å². The second-order valence-electron chi connectivity index (χ2n) is 3.38. The van der Waals surface area contributed by atoms with Gasteiger partial charge in [-0.25, -0.2) is 4.79 Å². The molecule has 2 unspecified atom stereocenters. The zero-order chi connectivity index (χ0) is 10.8. The summed E-state index contributed by atoms with van der Waals surface area (Å²) in [5.41, 5.74) is -0.985. The van der Waals surface area contributed by atoms with E-state index in [0.717, 1.165) is 5.75 Å². The zero-order valence-corrected chi connectivity index (χ0v) is 9.21. The van der Waals surface area contributed by atoms with Gasteiger partial charge in [-0.15, -0.1) is 0 Å². The topological polar surface area (TPSA) is 57.6 Å². The summed E-state index contributed by atoms with van der Waals surface area (Å²) in [6, 6.07) is 0. The number of thioether (sulfide) groups is 1. The molecule has 0 aliphatic carbocycles. The molecule has 0 aromatic heterocycles. The first-order valence-corrected chi connectivity index (χ1v) is 5.71. The normalized spacial score (nSPS) is 31.4. The number of rotatable bonds is 4. The van der Waals surface area contributed by atoms with Crippen LogP contribution in [-0.2, 0) is 9.59 Å². The number of likely N-dealkylation sites (N-methyl/N-ethyl adjacent to an activating group) is 1. The fraction of sp³-hybridized carbons (Fsp3) is 0.778. The van der Waals surface area contributed by atoms with E-state index in [1.54, 1.807) is 18.7 Å². The van der Waals surface area contributed by atoms with Gasteiger partial charge >= 0.3 is 5.97 Å². The van der Waals surface area contributed by atoms with E-state index in [-0.39, 0.29) is 5.25 Å². The number of carbonyl (C=O) groups is 2. The summed E-state index contributed by atoms with van der Waals surface area (Å²) in [7, 11) is 0. The molecule has 4 nitrogen and oxygen atoms in total. The van der Waals surface area contributed by atoms with Crippen LogP contribution in [0.25, 0.3) is 0 Å². The molecule has 0 saturated carbocycles. The third kappa shape index (κ3) is 1.49. The highest BCUT2D eigenvalue weighted by atomic mass is 32.2. The zero-order valence-electron chi connectivity index (χ0n) is 8.40. The molecule has 1 aliphatic rings. The molecule has 1 rings (SSSR count). The van der Waals surface area contributed by atoms with E-state index in [1.807, 2.05) is 6.92 Å². The molecule has 1 amide bonds.